The molecule has 4 heteroatoms. The molecular formula is C19H24N2O2. The maximum absolute atomic E-state index is 12.4. The average molecular weight is 312 g/mol. The van der Waals surface area contributed by atoms with E-state index in [2.05, 4.69) is 5.32 Å². The van der Waals surface area contributed by atoms with E-state index in [1.54, 1.807) is 0 Å². The first-order valence-electron chi connectivity index (χ1n) is 7.92. The van der Waals surface area contributed by atoms with Gasteiger partial charge in [-0.15, -0.1) is 0 Å². The Kier molecular flexibility index (Phi) is 6.18. The van der Waals surface area contributed by atoms with Crippen molar-refractivity contribution in [3.05, 3.63) is 65.7 Å². The molecule has 0 heterocycles. The zero-order valence-corrected chi connectivity index (χ0v) is 13.7. The maximum atomic E-state index is 12.4. The van der Waals surface area contributed by atoms with Gasteiger partial charge in [0.2, 0.25) is 5.91 Å². The summed E-state index contributed by atoms with van der Waals surface area (Å²) in [5.74, 6) is 0.430. The van der Waals surface area contributed by atoms with Crippen LogP contribution in [0.15, 0.2) is 54.6 Å². The number of amides is 1. The van der Waals surface area contributed by atoms with Gasteiger partial charge in [-0.3, -0.25) is 4.79 Å². The van der Waals surface area contributed by atoms with Gasteiger partial charge in [-0.25, -0.2) is 0 Å². The van der Waals surface area contributed by atoms with Crippen molar-refractivity contribution in [1.82, 2.24) is 5.32 Å². The highest BCUT2D eigenvalue weighted by molar-refractivity contribution is 5.79. The van der Waals surface area contributed by atoms with Crippen LogP contribution in [0.2, 0.25) is 0 Å². The number of rotatable bonds is 7. The molecule has 0 saturated carbocycles. The molecule has 0 aliphatic heterocycles. The second-order valence-corrected chi connectivity index (χ2v) is 5.48. The lowest BCUT2D eigenvalue weighted by atomic mass is 9.94. The van der Waals surface area contributed by atoms with Crippen LogP contribution in [0.1, 0.15) is 31.0 Å². The van der Waals surface area contributed by atoms with Crippen LogP contribution >= 0.6 is 0 Å². The number of para-hydroxylation sites is 1. The lowest BCUT2D eigenvalue weighted by molar-refractivity contribution is -0.125. The molecule has 2 rings (SSSR count). The predicted octanol–water partition coefficient (Wildman–Crippen LogP) is 3.04. The molecule has 122 valence electrons. The van der Waals surface area contributed by atoms with E-state index in [1.165, 1.54) is 0 Å². The van der Waals surface area contributed by atoms with Crippen molar-refractivity contribution in [2.75, 3.05) is 6.61 Å². The van der Waals surface area contributed by atoms with E-state index < -0.39 is 0 Å². The largest absolute Gasteiger partial charge is 0.494 e. The highest BCUT2D eigenvalue weighted by Crippen LogP contribution is 2.20. The standard InChI is InChI=1S/C19H24N2O2/c1-3-23-17-12-8-7-11-16(17)13-21-19(22)14(2)18(20)15-9-5-4-6-10-15/h4-12,14,18H,3,13,20H2,1-2H3,(H,21,22). The van der Waals surface area contributed by atoms with Gasteiger partial charge >= 0.3 is 0 Å². The maximum Gasteiger partial charge on any atom is 0.225 e. The van der Waals surface area contributed by atoms with Crippen LogP contribution in [0.4, 0.5) is 0 Å². The molecule has 0 bridgehead atoms. The molecular weight excluding hydrogens is 288 g/mol. The summed E-state index contributed by atoms with van der Waals surface area (Å²) in [6.07, 6.45) is 0. The third kappa shape index (κ3) is 4.57. The van der Waals surface area contributed by atoms with Crippen molar-refractivity contribution in [2.45, 2.75) is 26.4 Å². The van der Waals surface area contributed by atoms with Gasteiger partial charge in [0, 0.05) is 18.2 Å². The SMILES string of the molecule is CCOc1ccccc1CNC(=O)C(C)C(N)c1ccccc1. The Bertz CT molecular complexity index is 628. The minimum absolute atomic E-state index is 0.0624. The Morgan fingerprint density at radius 1 is 1.13 bits per heavy atom. The van der Waals surface area contributed by atoms with E-state index in [-0.39, 0.29) is 17.9 Å². The number of carbonyl (C=O) groups excluding carboxylic acids is 1. The topological polar surface area (TPSA) is 64.3 Å². The van der Waals surface area contributed by atoms with Gasteiger partial charge in [-0.2, -0.15) is 0 Å². The van der Waals surface area contributed by atoms with E-state index >= 15 is 0 Å². The Hall–Kier alpha value is -2.33. The molecule has 1 amide bonds. The first kappa shape index (κ1) is 17.0. The quantitative estimate of drug-likeness (QED) is 0.826. The third-order valence-electron chi connectivity index (χ3n) is 3.86. The summed E-state index contributed by atoms with van der Waals surface area (Å²) in [7, 11) is 0. The minimum atomic E-state index is -0.321. The Labute approximate surface area is 137 Å². The fourth-order valence-corrected chi connectivity index (χ4v) is 2.42. The molecule has 2 aromatic rings. The zero-order chi connectivity index (χ0) is 16.7. The van der Waals surface area contributed by atoms with Crippen molar-refractivity contribution in [3.63, 3.8) is 0 Å². The van der Waals surface area contributed by atoms with Gasteiger partial charge in [0.15, 0.2) is 0 Å². The van der Waals surface area contributed by atoms with Gasteiger partial charge in [0.1, 0.15) is 5.75 Å². The highest BCUT2D eigenvalue weighted by atomic mass is 16.5. The molecule has 0 fully saturated rings. The van der Waals surface area contributed by atoms with E-state index in [4.69, 9.17) is 10.5 Å². The second-order valence-electron chi connectivity index (χ2n) is 5.48. The number of hydrogen-bond donors (Lipinski definition) is 2. The van der Waals surface area contributed by atoms with Crippen LogP contribution in [0.25, 0.3) is 0 Å². The predicted molar refractivity (Wildman–Crippen MR) is 92.0 cm³/mol. The van der Waals surface area contributed by atoms with Crippen LogP contribution in [0, 0.1) is 5.92 Å². The third-order valence-corrected chi connectivity index (χ3v) is 3.86. The fraction of sp³-hybridized carbons (Fsp3) is 0.316. The van der Waals surface area contributed by atoms with Gasteiger partial charge in [0.25, 0.3) is 0 Å². The van der Waals surface area contributed by atoms with Crippen molar-refractivity contribution < 1.29 is 9.53 Å². The fourth-order valence-electron chi connectivity index (χ4n) is 2.42. The van der Waals surface area contributed by atoms with Gasteiger partial charge in [-0.1, -0.05) is 55.5 Å². The number of carbonyl (C=O) groups is 1. The summed E-state index contributed by atoms with van der Waals surface area (Å²) in [6, 6.07) is 17.1. The normalized spacial score (nSPS) is 13.2. The van der Waals surface area contributed by atoms with Crippen LogP contribution in [-0.4, -0.2) is 12.5 Å². The molecule has 23 heavy (non-hydrogen) atoms. The van der Waals surface area contributed by atoms with E-state index in [0.717, 1.165) is 16.9 Å². The minimum Gasteiger partial charge on any atom is -0.494 e. The monoisotopic (exact) mass is 312 g/mol. The van der Waals surface area contributed by atoms with Gasteiger partial charge in [-0.05, 0) is 18.6 Å². The zero-order valence-electron chi connectivity index (χ0n) is 13.7. The molecule has 0 spiro atoms. The molecule has 2 atom stereocenters. The molecule has 2 aromatic carbocycles. The summed E-state index contributed by atoms with van der Waals surface area (Å²) >= 11 is 0. The van der Waals surface area contributed by atoms with E-state index in [1.807, 2.05) is 68.4 Å². The first-order valence-corrected chi connectivity index (χ1v) is 7.92. The molecule has 0 radical (unpaired) electrons. The second kappa shape index (κ2) is 8.34. The van der Waals surface area contributed by atoms with Crippen molar-refractivity contribution in [1.29, 1.82) is 0 Å². The van der Waals surface area contributed by atoms with Crippen molar-refractivity contribution in [3.8, 4) is 5.75 Å². The van der Waals surface area contributed by atoms with Crippen LogP contribution in [0.5, 0.6) is 5.75 Å². The molecule has 0 saturated heterocycles. The Balaban J connectivity index is 1.97. The number of benzene rings is 2. The van der Waals surface area contributed by atoms with Crippen LogP contribution < -0.4 is 15.8 Å². The lowest BCUT2D eigenvalue weighted by Crippen LogP contribution is -2.35. The van der Waals surface area contributed by atoms with Gasteiger partial charge in [0.05, 0.1) is 12.5 Å². The molecule has 0 aromatic heterocycles. The molecule has 4 nitrogen and oxygen atoms in total. The Morgan fingerprint density at radius 2 is 1.78 bits per heavy atom. The lowest BCUT2D eigenvalue weighted by Gasteiger charge is -2.20. The highest BCUT2D eigenvalue weighted by Gasteiger charge is 2.22. The summed E-state index contributed by atoms with van der Waals surface area (Å²) in [6.45, 7) is 4.82. The smallest absolute Gasteiger partial charge is 0.225 e. The molecule has 0 aliphatic rings. The van der Waals surface area contributed by atoms with Gasteiger partial charge < -0.3 is 15.8 Å². The summed E-state index contributed by atoms with van der Waals surface area (Å²) < 4.78 is 5.57. The Morgan fingerprint density at radius 3 is 2.48 bits per heavy atom. The number of ether oxygens (including phenoxy) is 1. The average Bonchev–Trinajstić information content (AvgIpc) is 2.60. The summed E-state index contributed by atoms with van der Waals surface area (Å²) in [5, 5.41) is 2.95. The number of nitrogens with one attached hydrogen (secondary N) is 1. The molecule has 0 aliphatic carbocycles. The van der Waals surface area contributed by atoms with Crippen molar-refractivity contribution >= 4 is 5.91 Å². The molecule has 3 N–H and O–H groups in total. The van der Waals surface area contributed by atoms with E-state index in [0.29, 0.717) is 13.2 Å². The number of nitrogens with two attached hydrogens (primary N) is 1. The summed E-state index contributed by atoms with van der Waals surface area (Å²) in [5.41, 5.74) is 8.12. The first-order chi connectivity index (χ1) is 11.1. The van der Waals surface area contributed by atoms with E-state index in [9.17, 15) is 4.79 Å². The van der Waals surface area contributed by atoms with Crippen LogP contribution in [-0.2, 0) is 11.3 Å². The molecule has 2 unspecified atom stereocenters. The summed E-state index contributed by atoms with van der Waals surface area (Å²) in [4.78, 5) is 12.4. The van der Waals surface area contributed by atoms with Crippen molar-refractivity contribution in [2.24, 2.45) is 11.7 Å². The van der Waals surface area contributed by atoms with Crippen LogP contribution in [0.3, 0.4) is 0 Å². The number of hydrogen-bond acceptors (Lipinski definition) is 3.